The number of hydrogen-bond acceptors (Lipinski definition) is 2. The molecule has 2 aromatic heterocycles. The van der Waals surface area contributed by atoms with E-state index >= 15 is 0 Å². The predicted molar refractivity (Wildman–Crippen MR) is 248 cm³/mol. The minimum Gasteiger partial charge on any atom is -0.458 e. The maximum atomic E-state index is 6.76. The third-order valence-electron chi connectivity index (χ3n) is 13.8. The first kappa shape index (κ1) is 31.3. The lowest BCUT2D eigenvalue weighted by atomic mass is 9.34. The van der Waals surface area contributed by atoms with E-state index in [9.17, 15) is 0 Å². The summed E-state index contributed by atoms with van der Waals surface area (Å²) in [4.78, 5) is 0. The summed E-state index contributed by atoms with van der Waals surface area (Å²) in [5, 5.41) is 4.97. The number of para-hydroxylation sites is 2. The molecule has 6 heteroatoms. The molecule has 4 aliphatic heterocycles. The second-order valence-corrected chi connectivity index (χ2v) is 16.7. The Kier molecular flexibility index (Phi) is 5.78. The number of benzene rings is 9. The Morgan fingerprint density at radius 3 is 1.25 bits per heavy atom. The highest BCUT2D eigenvalue weighted by atomic mass is 16.5. The van der Waals surface area contributed by atoms with Crippen molar-refractivity contribution in [1.29, 1.82) is 0 Å². The van der Waals surface area contributed by atoms with Crippen LogP contribution < -0.4 is 42.3 Å². The third-order valence-corrected chi connectivity index (χ3v) is 13.8. The van der Waals surface area contributed by atoms with Crippen molar-refractivity contribution in [3.05, 3.63) is 182 Å². The normalized spacial score (nSPS) is 13.5. The van der Waals surface area contributed by atoms with Gasteiger partial charge in [0.25, 0.3) is 13.4 Å². The molecule has 6 heterocycles. The summed E-state index contributed by atoms with van der Waals surface area (Å²) in [6, 6.07) is 66.7. The Bertz CT molecular complexity index is 3490. The molecule has 0 spiro atoms. The molecule has 0 amide bonds. The van der Waals surface area contributed by atoms with Crippen LogP contribution in [0.25, 0.3) is 77.2 Å². The van der Waals surface area contributed by atoms with E-state index in [0.717, 1.165) is 23.0 Å². The van der Waals surface area contributed by atoms with Gasteiger partial charge in [-0.3, -0.25) is 0 Å². The van der Waals surface area contributed by atoms with Crippen LogP contribution in [0.1, 0.15) is 0 Å². The van der Waals surface area contributed by atoms with E-state index in [2.05, 4.69) is 191 Å². The lowest BCUT2D eigenvalue weighted by Crippen LogP contribution is -2.58. The van der Waals surface area contributed by atoms with Crippen LogP contribution in [0.3, 0.4) is 0 Å². The van der Waals surface area contributed by atoms with Gasteiger partial charge < -0.3 is 18.6 Å². The van der Waals surface area contributed by atoms with Crippen molar-refractivity contribution in [3.63, 3.8) is 0 Å². The summed E-state index contributed by atoms with van der Waals surface area (Å²) < 4.78 is 18.6. The summed E-state index contributed by atoms with van der Waals surface area (Å²) in [6.45, 7) is 0.0756. The van der Waals surface area contributed by atoms with E-state index in [-0.39, 0.29) is 13.4 Å². The van der Waals surface area contributed by atoms with Crippen LogP contribution in [0, 0.1) is 0 Å². The first-order valence-corrected chi connectivity index (χ1v) is 20.8. The number of hydrogen-bond donors (Lipinski definition) is 0. The summed E-state index contributed by atoms with van der Waals surface area (Å²) in [5.41, 5.74) is 19.6. The van der Waals surface area contributed by atoms with E-state index in [0.29, 0.717) is 0 Å². The molecule has 15 rings (SSSR count). The third kappa shape index (κ3) is 3.85. The smallest absolute Gasteiger partial charge is 0.256 e. The zero-order chi connectivity index (χ0) is 38.8. The molecule has 0 atom stereocenters. The Morgan fingerprint density at radius 2 is 0.767 bits per heavy atom. The fourth-order valence-electron chi connectivity index (χ4n) is 11.4. The Hall–Kier alpha value is -7.69. The van der Waals surface area contributed by atoms with Crippen molar-refractivity contribution in [1.82, 2.24) is 9.13 Å². The largest absolute Gasteiger partial charge is 0.458 e. The molecule has 274 valence electrons. The summed E-state index contributed by atoms with van der Waals surface area (Å²) in [6.07, 6.45) is 0. The number of ether oxygens (including phenoxy) is 2. The molecule has 0 N–H and O–H groups in total. The second kappa shape index (κ2) is 11.1. The zero-order valence-corrected chi connectivity index (χ0v) is 32.2. The fraction of sp³-hybridized carbons (Fsp3) is 0. The molecule has 60 heavy (non-hydrogen) atoms. The van der Waals surface area contributed by atoms with Gasteiger partial charge in [0.1, 0.15) is 23.0 Å². The van der Waals surface area contributed by atoms with Crippen molar-refractivity contribution in [3.8, 4) is 56.6 Å². The lowest BCUT2D eigenvalue weighted by molar-refractivity contribution is 0.487. The van der Waals surface area contributed by atoms with Gasteiger partial charge in [0.15, 0.2) is 0 Å². The quantitative estimate of drug-likeness (QED) is 0.165. The maximum Gasteiger partial charge on any atom is 0.256 e. The molecule has 0 radical (unpaired) electrons. The molecule has 0 bridgehead atoms. The maximum absolute atomic E-state index is 6.76. The Balaban J connectivity index is 1.07. The van der Waals surface area contributed by atoms with E-state index < -0.39 is 0 Å². The van der Waals surface area contributed by atoms with Crippen LogP contribution in [0.5, 0.6) is 23.0 Å². The van der Waals surface area contributed by atoms with Gasteiger partial charge in [-0.1, -0.05) is 121 Å². The molecule has 0 saturated carbocycles. The van der Waals surface area contributed by atoms with Gasteiger partial charge >= 0.3 is 0 Å². The van der Waals surface area contributed by atoms with Gasteiger partial charge in [-0.05, 0) is 116 Å². The van der Waals surface area contributed by atoms with E-state index in [1.165, 1.54) is 110 Å². The van der Waals surface area contributed by atoms with E-state index in [4.69, 9.17) is 9.47 Å². The van der Waals surface area contributed by atoms with Gasteiger partial charge in [-0.25, -0.2) is 0 Å². The molecule has 4 nitrogen and oxygen atoms in total. The van der Waals surface area contributed by atoms with Gasteiger partial charge in [0.05, 0.1) is 22.1 Å². The van der Waals surface area contributed by atoms with Crippen molar-refractivity contribution in [2.75, 3.05) is 0 Å². The topological polar surface area (TPSA) is 28.3 Å². The number of fused-ring (bicyclic) bond motifs is 16. The van der Waals surface area contributed by atoms with Crippen molar-refractivity contribution in [2.45, 2.75) is 0 Å². The predicted octanol–water partition coefficient (Wildman–Crippen LogP) is 9.09. The van der Waals surface area contributed by atoms with Gasteiger partial charge in [-0.15, -0.1) is 0 Å². The highest BCUT2D eigenvalue weighted by Crippen LogP contribution is 2.44. The number of aromatic nitrogens is 2. The van der Waals surface area contributed by atoms with Crippen molar-refractivity contribution >= 4 is 89.8 Å². The van der Waals surface area contributed by atoms with Crippen molar-refractivity contribution < 1.29 is 9.47 Å². The van der Waals surface area contributed by atoms with Crippen molar-refractivity contribution in [2.24, 2.45) is 0 Å². The standard InChI is InChI=1S/C54H30B2N2O2/c1-3-11-31(12-4-1)33-19-23-43-41(27-33)55-39-15-7-9-17-47(39)59-49-25-21-35-37-29-38-36-22-26-50-52-54(36)58(46(38)30-45(37)57(43)53(35)51(49)55)44-24-20-34(32-13-5-2-6-14-32)28-42(44)56(52)40-16-8-10-18-48(40)60-50/h1-30H. The molecule has 0 fully saturated rings. The summed E-state index contributed by atoms with van der Waals surface area (Å²) >= 11 is 0. The minimum absolute atomic E-state index is 0.0378. The molecule has 0 unspecified atom stereocenters. The fourth-order valence-corrected chi connectivity index (χ4v) is 11.4. The molecular formula is C54H30B2N2O2. The van der Waals surface area contributed by atoms with Crippen LogP contribution in [0.2, 0.25) is 0 Å². The average Bonchev–Trinajstić information content (AvgIpc) is 3.82. The average molecular weight is 760 g/mol. The van der Waals surface area contributed by atoms with Gasteiger partial charge in [-0.2, -0.15) is 0 Å². The first-order valence-electron chi connectivity index (χ1n) is 20.8. The lowest BCUT2D eigenvalue weighted by Gasteiger charge is -2.33. The SMILES string of the molecule is c1ccc(-c2ccc3c(c2)B2c4ccccc4Oc4ccc5c6cc7c8ccc9c%10c8n(c7cc6n-3c5c42)-c2ccc(-c3ccccc3)cc2B%10c2ccccc2O9)cc1. The molecule has 9 aromatic carbocycles. The molecule has 11 aromatic rings. The Labute approximate surface area is 345 Å². The highest BCUT2D eigenvalue weighted by molar-refractivity contribution is 7.00. The zero-order valence-electron chi connectivity index (χ0n) is 32.2. The summed E-state index contributed by atoms with van der Waals surface area (Å²) in [7, 11) is 0. The summed E-state index contributed by atoms with van der Waals surface area (Å²) in [5.74, 6) is 3.72. The Morgan fingerprint density at radius 1 is 0.317 bits per heavy atom. The van der Waals surface area contributed by atoms with Gasteiger partial charge in [0, 0.05) is 32.9 Å². The van der Waals surface area contributed by atoms with Crippen LogP contribution in [-0.4, -0.2) is 22.6 Å². The molecule has 0 saturated heterocycles. The second-order valence-electron chi connectivity index (χ2n) is 16.7. The molecule has 4 aliphatic rings. The van der Waals surface area contributed by atoms with Crippen LogP contribution in [0.4, 0.5) is 0 Å². The van der Waals surface area contributed by atoms with E-state index in [1.54, 1.807) is 0 Å². The van der Waals surface area contributed by atoms with Crippen LogP contribution in [0.15, 0.2) is 182 Å². The molecular weight excluding hydrogens is 730 g/mol. The van der Waals surface area contributed by atoms with Crippen LogP contribution in [-0.2, 0) is 0 Å². The van der Waals surface area contributed by atoms with Gasteiger partial charge in [0.2, 0.25) is 0 Å². The number of rotatable bonds is 2. The number of nitrogens with zero attached hydrogens (tertiary/aromatic N) is 2. The highest BCUT2D eigenvalue weighted by Gasteiger charge is 2.43. The first-order chi connectivity index (χ1) is 29.8. The van der Waals surface area contributed by atoms with Crippen LogP contribution >= 0.6 is 0 Å². The van der Waals surface area contributed by atoms with E-state index in [1.807, 2.05) is 0 Å². The monoisotopic (exact) mass is 760 g/mol. The minimum atomic E-state index is 0.0378. The molecule has 0 aliphatic carbocycles.